The van der Waals surface area contributed by atoms with Crippen molar-refractivity contribution in [3.05, 3.63) is 35.1 Å². The van der Waals surface area contributed by atoms with Gasteiger partial charge in [0.25, 0.3) is 0 Å². The van der Waals surface area contributed by atoms with Crippen molar-refractivity contribution in [2.24, 2.45) is 5.92 Å². The van der Waals surface area contributed by atoms with Crippen LogP contribution < -0.4 is 5.32 Å². The van der Waals surface area contributed by atoms with Gasteiger partial charge in [-0.3, -0.25) is 4.79 Å². The first-order chi connectivity index (χ1) is 8.09. The van der Waals surface area contributed by atoms with Gasteiger partial charge in [-0.15, -0.1) is 0 Å². The maximum Gasteiger partial charge on any atom is 0.308 e. The van der Waals surface area contributed by atoms with E-state index in [0.717, 1.165) is 18.5 Å². The van der Waals surface area contributed by atoms with E-state index in [1.807, 2.05) is 0 Å². The molecule has 0 bridgehead atoms. The molecule has 0 amide bonds. The van der Waals surface area contributed by atoms with Gasteiger partial charge in [0.05, 0.1) is 5.92 Å². The van der Waals surface area contributed by atoms with Crippen molar-refractivity contribution in [1.29, 1.82) is 0 Å². The number of aryl methyl sites for hydroxylation is 1. The number of benzene rings is 1. The molecule has 2 rings (SSSR count). The second-order valence-corrected chi connectivity index (χ2v) is 4.55. The lowest BCUT2D eigenvalue weighted by Gasteiger charge is -2.29. The summed E-state index contributed by atoms with van der Waals surface area (Å²) in [6, 6.07) is 4.89. The molecule has 2 N–H and O–H groups in total. The van der Waals surface area contributed by atoms with E-state index < -0.39 is 11.9 Å². The van der Waals surface area contributed by atoms with Crippen LogP contribution in [0.4, 0.5) is 4.39 Å². The molecular weight excluding hydrogens is 221 g/mol. The van der Waals surface area contributed by atoms with Crippen LogP contribution >= 0.6 is 0 Å². The molecule has 17 heavy (non-hydrogen) atoms. The van der Waals surface area contributed by atoms with E-state index >= 15 is 0 Å². The minimum Gasteiger partial charge on any atom is -0.481 e. The monoisotopic (exact) mass is 237 g/mol. The predicted octanol–water partition coefficient (Wildman–Crippen LogP) is 1.91. The van der Waals surface area contributed by atoms with Gasteiger partial charge in [-0.05, 0) is 43.0 Å². The Morgan fingerprint density at radius 2 is 2.29 bits per heavy atom. The maximum absolute atomic E-state index is 13.2. The maximum atomic E-state index is 13.2. The Hall–Kier alpha value is -1.42. The zero-order valence-corrected chi connectivity index (χ0v) is 9.74. The third kappa shape index (κ3) is 2.47. The predicted molar refractivity (Wildman–Crippen MR) is 62.5 cm³/mol. The number of hydrogen-bond acceptors (Lipinski definition) is 2. The van der Waals surface area contributed by atoms with Gasteiger partial charge in [0.15, 0.2) is 0 Å². The number of rotatable bonds is 2. The summed E-state index contributed by atoms with van der Waals surface area (Å²) in [5.74, 6) is -1.47. The Kier molecular flexibility index (Phi) is 3.43. The molecule has 3 nitrogen and oxygen atoms in total. The summed E-state index contributed by atoms with van der Waals surface area (Å²) in [6.45, 7) is 3.00. The van der Waals surface area contributed by atoms with Gasteiger partial charge in [0.2, 0.25) is 0 Å². The number of carbonyl (C=O) groups is 1. The van der Waals surface area contributed by atoms with E-state index in [1.54, 1.807) is 19.1 Å². The van der Waals surface area contributed by atoms with Crippen LogP contribution in [0.5, 0.6) is 0 Å². The van der Waals surface area contributed by atoms with E-state index in [9.17, 15) is 14.3 Å². The highest BCUT2D eigenvalue weighted by Gasteiger charge is 2.31. The van der Waals surface area contributed by atoms with Gasteiger partial charge in [-0.2, -0.15) is 0 Å². The summed E-state index contributed by atoms with van der Waals surface area (Å²) in [6.07, 6.45) is 0.780. The fraction of sp³-hybridized carbons (Fsp3) is 0.462. The van der Waals surface area contributed by atoms with Gasteiger partial charge in [0.1, 0.15) is 5.82 Å². The standard InChI is InChI=1S/C13H16FNO2/c1-8-6-9(2-3-12(8)14)10-4-5-15-7-11(10)13(16)17/h2-3,6,10-11,15H,4-5,7H2,1H3,(H,16,17). The molecule has 1 aromatic carbocycles. The minimum absolute atomic E-state index is 0.0203. The van der Waals surface area contributed by atoms with Crippen molar-refractivity contribution >= 4 is 5.97 Å². The third-order valence-corrected chi connectivity index (χ3v) is 3.41. The Labute approximate surface area is 99.7 Å². The second kappa shape index (κ2) is 4.84. The topological polar surface area (TPSA) is 49.3 Å². The normalized spacial score (nSPS) is 24.6. The van der Waals surface area contributed by atoms with Crippen molar-refractivity contribution in [3.63, 3.8) is 0 Å². The molecule has 0 aromatic heterocycles. The Morgan fingerprint density at radius 1 is 1.53 bits per heavy atom. The molecule has 92 valence electrons. The second-order valence-electron chi connectivity index (χ2n) is 4.55. The van der Waals surface area contributed by atoms with E-state index in [0.29, 0.717) is 12.1 Å². The first kappa shape index (κ1) is 12.0. The van der Waals surface area contributed by atoms with Gasteiger partial charge < -0.3 is 10.4 Å². The van der Waals surface area contributed by atoms with Crippen LogP contribution in [0.2, 0.25) is 0 Å². The molecule has 0 radical (unpaired) electrons. The number of nitrogens with one attached hydrogen (secondary N) is 1. The molecule has 1 fully saturated rings. The SMILES string of the molecule is Cc1cc(C2CCNCC2C(=O)O)ccc1F. The lowest BCUT2D eigenvalue weighted by Crippen LogP contribution is -2.39. The fourth-order valence-corrected chi connectivity index (χ4v) is 2.42. The van der Waals surface area contributed by atoms with Crippen LogP contribution in [0, 0.1) is 18.7 Å². The Balaban J connectivity index is 2.29. The highest BCUT2D eigenvalue weighted by Crippen LogP contribution is 2.31. The fourth-order valence-electron chi connectivity index (χ4n) is 2.42. The first-order valence-electron chi connectivity index (χ1n) is 5.79. The van der Waals surface area contributed by atoms with E-state index in [4.69, 9.17) is 0 Å². The smallest absolute Gasteiger partial charge is 0.308 e. The molecule has 0 saturated carbocycles. The van der Waals surface area contributed by atoms with Gasteiger partial charge in [0, 0.05) is 6.54 Å². The first-order valence-corrected chi connectivity index (χ1v) is 5.79. The zero-order valence-electron chi connectivity index (χ0n) is 9.74. The molecular formula is C13H16FNO2. The average Bonchev–Trinajstić information content (AvgIpc) is 2.32. The third-order valence-electron chi connectivity index (χ3n) is 3.41. The van der Waals surface area contributed by atoms with Crippen molar-refractivity contribution in [2.75, 3.05) is 13.1 Å². The quantitative estimate of drug-likeness (QED) is 0.826. The molecule has 1 saturated heterocycles. The highest BCUT2D eigenvalue weighted by molar-refractivity contribution is 5.72. The van der Waals surface area contributed by atoms with Gasteiger partial charge in [-0.25, -0.2) is 4.39 Å². The van der Waals surface area contributed by atoms with Crippen LogP contribution in [-0.2, 0) is 4.79 Å². The number of piperidine rings is 1. The van der Waals surface area contributed by atoms with E-state index in [1.165, 1.54) is 6.07 Å². The van der Waals surface area contributed by atoms with E-state index in [2.05, 4.69) is 5.32 Å². The van der Waals surface area contributed by atoms with Gasteiger partial charge >= 0.3 is 5.97 Å². The molecule has 4 heteroatoms. The number of halogens is 1. The number of aliphatic carboxylic acids is 1. The van der Waals surface area contributed by atoms with Crippen LogP contribution in [0.25, 0.3) is 0 Å². The van der Waals surface area contributed by atoms with Crippen molar-refractivity contribution in [1.82, 2.24) is 5.32 Å². The number of carboxylic acid groups (broad SMARTS) is 1. The van der Waals surface area contributed by atoms with Crippen molar-refractivity contribution in [3.8, 4) is 0 Å². The lowest BCUT2D eigenvalue weighted by atomic mass is 9.81. The molecule has 0 spiro atoms. The van der Waals surface area contributed by atoms with Crippen LogP contribution in [0.3, 0.4) is 0 Å². The van der Waals surface area contributed by atoms with Crippen LogP contribution in [-0.4, -0.2) is 24.2 Å². The minimum atomic E-state index is -0.788. The largest absolute Gasteiger partial charge is 0.481 e. The number of carboxylic acids is 1. The lowest BCUT2D eigenvalue weighted by molar-refractivity contribution is -0.142. The van der Waals surface area contributed by atoms with Crippen LogP contribution in [0.15, 0.2) is 18.2 Å². The molecule has 2 atom stereocenters. The summed E-state index contributed by atoms with van der Waals surface area (Å²) in [4.78, 5) is 11.2. The Bertz CT molecular complexity index is 433. The molecule has 1 aliphatic rings. The summed E-state index contributed by atoms with van der Waals surface area (Å²) in [5.41, 5.74) is 1.50. The summed E-state index contributed by atoms with van der Waals surface area (Å²) in [5, 5.41) is 12.3. The van der Waals surface area contributed by atoms with E-state index in [-0.39, 0.29) is 11.7 Å². The Morgan fingerprint density at radius 3 is 2.94 bits per heavy atom. The molecule has 0 aliphatic carbocycles. The molecule has 1 aromatic rings. The average molecular weight is 237 g/mol. The zero-order chi connectivity index (χ0) is 12.4. The molecule has 1 aliphatic heterocycles. The molecule has 2 unspecified atom stereocenters. The summed E-state index contributed by atoms with van der Waals surface area (Å²) >= 11 is 0. The summed E-state index contributed by atoms with van der Waals surface area (Å²) < 4.78 is 13.2. The summed E-state index contributed by atoms with van der Waals surface area (Å²) in [7, 11) is 0. The molecule has 1 heterocycles. The highest BCUT2D eigenvalue weighted by atomic mass is 19.1. The number of hydrogen-bond donors (Lipinski definition) is 2. The van der Waals surface area contributed by atoms with Crippen molar-refractivity contribution < 1.29 is 14.3 Å². The van der Waals surface area contributed by atoms with Crippen molar-refractivity contribution in [2.45, 2.75) is 19.3 Å². The van der Waals surface area contributed by atoms with Crippen LogP contribution in [0.1, 0.15) is 23.5 Å². The van der Waals surface area contributed by atoms with Gasteiger partial charge in [-0.1, -0.05) is 12.1 Å².